The molecule has 1 atom stereocenters. The molecule has 1 aromatic rings. The third-order valence-electron chi connectivity index (χ3n) is 3.82. The fourth-order valence-electron chi connectivity index (χ4n) is 2.66. The summed E-state index contributed by atoms with van der Waals surface area (Å²) in [6, 6.07) is 4.17. The summed E-state index contributed by atoms with van der Waals surface area (Å²) < 4.78 is 31.8. The summed E-state index contributed by atoms with van der Waals surface area (Å²) in [5, 5.41) is 3.06. The molecule has 0 aromatic heterocycles. The molecule has 1 aliphatic heterocycles. The van der Waals surface area contributed by atoms with Gasteiger partial charge in [-0.1, -0.05) is 0 Å². The molecule has 3 N–H and O–H groups in total. The number of amides is 1. The number of methoxy groups -OCH3 is 1. The first-order valence-corrected chi connectivity index (χ1v) is 8.46. The molecule has 1 heterocycles. The number of ether oxygens (including phenoxy) is 1. The molecule has 0 radical (unpaired) electrons. The van der Waals surface area contributed by atoms with E-state index >= 15 is 0 Å². The minimum atomic E-state index is -3.63. The number of nitrogens with zero attached hydrogens (tertiary/aromatic N) is 1. The molecule has 1 saturated heterocycles. The Balaban J connectivity index is 2.30. The minimum absolute atomic E-state index is 0.0622. The van der Waals surface area contributed by atoms with Crippen molar-refractivity contribution in [3.05, 3.63) is 23.8 Å². The summed E-state index contributed by atoms with van der Waals surface area (Å²) in [6.45, 7) is 1.73. The first-order valence-electron chi connectivity index (χ1n) is 7.02. The van der Waals surface area contributed by atoms with Gasteiger partial charge >= 0.3 is 0 Å². The lowest BCUT2D eigenvalue weighted by Gasteiger charge is -2.17. The molecule has 1 amide bonds. The van der Waals surface area contributed by atoms with Crippen LogP contribution in [0, 0.1) is 5.92 Å². The normalized spacial score (nSPS) is 19.3. The fourth-order valence-corrected chi connectivity index (χ4v) is 4.22. The quantitative estimate of drug-likeness (QED) is 0.767. The van der Waals surface area contributed by atoms with Crippen LogP contribution < -0.4 is 15.8 Å². The highest BCUT2D eigenvalue weighted by Gasteiger charge is 2.32. The summed E-state index contributed by atoms with van der Waals surface area (Å²) in [6.07, 6.45) is 0.818. The van der Waals surface area contributed by atoms with Crippen molar-refractivity contribution in [2.24, 2.45) is 11.7 Å². The van der Waals surface area contributed by atoms with E-state index in [4.69, 9.17) is 10.5 Å². The Labute approximate surface area is 130 Å². The van der Waals surface area contributed by atoms with E-state index in [0.29, 0.717) is 19.0 Å². The van der Waals surface area contributed by atoms with Crippen molar-refractivity contribution in [1.29, 1.82) is 0 Å². The van der Waals surface area contributed by atoms with Gasteiger partial charge < -0.3 is 15.8 Å². The third-order valence-corrected chi connectivity index (χ3v) is 5.68. The lowest BCUT2D eigenvalue weighted by atomic mass is 10.1. The second-order valence-electron chi connectivity index (χ2n) is 5.30. The Hall–Kier alpha value is -1.64. The largest absolute Gasteiger partial charge is 0.496 e. The maximum absolute atomic E-state index is 12.7. The number of carbonyl (C=O) groups is 1. The lowest BCUT2D eigenvalue weighted by molar-refractivity contribution is 0.0997. The molecular weight excluding hydrogens is 306 g/mol. The molecule has 8 heteroatoms. The maximum atomic E-state index is 12.7. The average molecular weight is 327 g/mol. The Morgan fingerprint density at radius 3 is 2.82 bits per heavy atom. The van der Waals surface area contributed by atoms with Crippen molar-refractivity contribution in [3.63, 3.8) is 0 Å². The predicted octanol–water partition coefficient (Wildman–Crippen LogP) is 0.0241. The minimum Gasteiger partial charge on any atom is -0.496 e. The Kier molecular flexibility index (Phi) is 5.05. The van der Waals surface area contributed by atoms with Crippen LogP contribution >= 0.6 is 0 Å². The molecule has 1 fully saturated rings. The van der Waals surface area contributed by atoms with E-state index in [9.17, 15) is 13.2 Å². The summed E-state index contributed by atoms with van der Waals surface area (Å²) in [5.74, 6) is -0.155. The van der Waals surface area contributed by atoms with Crippen LogP contribution in [0.3, 0.4) is 0 Å². The van der Waals surface area contributed by atoms with Crippen LogP contribution in [0.15, 0.2) is 23.1 Å². The number of hydrogen-bond acceptors (Lipinski definition) is 5. The van der Waals surface area contributed by atoms with Gasteiger partial charge in [-0.05, 0) is 44.1 Å². The van der Waals surface area contributed by atoms with Gasteiger partial charge in [0.05, 0.1) is 17.6 Å². The van der Waals surface area contributed by atoms with Gasteiger partial charge in [0.25, 0.3) is 5.91 Å². The van der Waals surface area contributed by atoms with Crippen LogP contribution in [-0.4, -0.2) is 52.4 Å². The summed E-state index contributed by atoms with van der Waals surface area (Å²) in [4.78, 5) is 11.5. The first-order chi connectivity index (χ1) is 10.4. The van der Waals surface area contributed by atoms with Crippen LogP contribution in [0.1, 0.15) is 16.8 Å². The average Bonchev–Trinajstić information content (AvgIpc) is 2.96. The van der Waals surface area contributed by atoms with E-state index in [0.717, 1.165) is 13.0 Å². The van der Waals surface area contributed by atoms with Gasteiger partial charge in [0.2, 0.25) is 10.0 Å². The predicted molar refractivity (Wildman–Crippen MR) is 82.3 cm³/mol. The monoisotopic (exact) mass is 327 g/mol. The van der Waals surface area contributed by atoms with Crippen LogP contribution in [0.2, 0.25) is 0 Å². The van der Waals surface area contributed by atoms with E-state index in [1.165, 1.54) is 29.6 Å². The molecule has 7 nitrogen and oxygen atoms in total. The molecule has 22 heavy (non-hydrogen) atoms. The van der Waals surface area contributed by atoms with E-state index in [1.807, 2.05) is 7.05 Å². The van der Waals surface area contributed by atoms with Crippen molar-refractivity contribution in [3.8, 4) is 5.75 Å². The molecule has 0 aliphatic carbocycles. The molecule has 0 bridgehead atoms. The van der Waals surface area contributed by atoms with Crippen molar-refractivity contribution >= 4 is 15.9 Å². The number of sulfonamides is 1. The van der Waals surface area contributed by atoms with Crippen molar-refractivity contribution in [2.45, 2.75) is 11.3 Å². The Bertz CT molecular complexity index is 660. The van der Waals surface area contributed by atoms with Gasteiger partial charge in [0.15, 0.2) is 0 Å². The van der Waals surface area contributed by atoms with Gasteiger partial charge in [0, 0.05) is 13.1 Å². The van der Waals surface area contributed by atoms with Crippen LogP contribution in [0.25, 0.3) is 0 Å². The SMILES string of the molecule is CNCC1CCN(S(=O)(=O)c2ccc(OC)c(C(N)=O)c2)C1. The number of rotatable bonds is 6. The molecule has 0 saturated carbocycles. The molecule has 122 valence electrons. The zero-order valence-electron chi connectivity index (χ0n) is 12.7. The Morgan fingerprint density at radius 1 is 1.50 bits per heavy atom. The lowest BCUT2D eigenvalue weighted by Crippen LogP contribution is -2.30. The zero-order valence-corrected chi connectivity index (χ0v) is 13.5. The van der Waals surface area contributed by atoms with Gasteiger partial charge in [-0.15, -0.1) is 0 Å². The standard InChI is InChI=1S/C14H21N3O4S/c1-16-8-10-5-6-17(9-10)22(19,20)11-3-4-13(21-2)12(7-11)14(15)18/h3-4,7,10,16H,5-6,8-9H2,1-2H3,(H2,15,18). The fraction of sp³-hybridized carbons (Fsp3) is 0.500. The van der Waals surface area contributed by atoms with Crippen molar-refractivity contribution in [2.75, 3.05) is 33.8 Å². The van der Waals surface area contributed by atoms with E-state index in [2.05, 4.69) is 5.32 Å². The van der Waals surface area contributed by atoms with Crippen LogP contribution in [-0.2, 0) is 10.0 Å². The molecule has 1 aromatic carbocycles. The second kappa shape index (κ2) is 6.64. The van der Waals surface area contributed by atoms with Gasteiger partial charge in [0.1, 0.15) is 5.75 Å². The molecular formula is C14H21N3O4S. The summed E-state index contributed by atoms with van der Waals surface area (Å²) in [5.41, 5.74) is 5.35. The van der Waals surface area contributed by atoms with Gasteiger partial charge in [-0.3, -0.25) is 4.79 Å². The number of nitrogens with two attached hydrogens (primary N) is 1. The van der Waals surface area contributed by atoms with Gasteiger partial charge in [-0.25, -0.2) is 8.42 Å². The van der Waals surface area contributed by atoms with Crippen LogP contribution in [0.4, 0.5) is 0 Å². The van der Waals surface area contributed by atoms with Crippen molar-refractivity contribution in [1.82, 2.24) is 9.62 Å². The second-order valence-corrected chi connectivity index (χ2v) is 7.24. The topological polar surface area (TPSA) is 102 Å². The van der Waals surface area contributed by atoms with E-state index in [1.54, 1.807) is 0 Å². The number of benzene rings is 1. The van der Waals surface area contributed by atoms with Crippen LogP contribution in [0.5, 0.6) is 5.75 Å². The number of nitrogens with one attached hydrogen (secondary N) is 1. The summed E-state index contributed by atoms with van der Waals surface area (Å²) in [7, 11) is -0.380. The first kappa shape index (κ1) is 16.7. The van der Waals surface area contributed by atoms with Crippen molar-refractivity contribution < 1.29 is 17.9 Å². The maximum Gasteiger partial charge on any atom is 0.252 e. The number of primary amides is 1. The third kappa shape index (κ3) is 3.23. The molecule has 1 aliphatic rings. The smallest absolute Gasteiger partial charge is 0.252 e. The summed E-state index contributed by atoms with van der Waals surface area (Å²) >= 11 is 0. The van der Waals surface area contributed by atoms with E-state index < -0.39 is 15.9 Å². The molecule has 0 spiro atoms. The highest BCUT2D eigenvalue weighted by Crippen LogP contribution is 2.27. The highest BCUT2D eigenvalue weighted by molar-refractivity contribution is 7.89. The van der Waals surface area contributed by atoms with Gasteiger partial charge in [-0.2, -0.15) is 4.31 Å². The number of hydrogen-bond donors (Lipinski definition) is 2. The highest BCUT2D eigenvalue weighted by atomic mass is 32.2. The number of carbonyl (C=O) groups excluding carboxylic acids is 1. The molecule has 1 unspecified atom stereocenters. The van der Waals surface area contributed by atoms with E-state index in [-0.39, 0.29) is 16.2 Å². The molecule has 2 rings (SSSR count). The Morgan fingerprint density at radius 2 is 2.23 bits per heavy atom. The zero-order chi connectivity index (χ0) is 16.3.